The Morgan fingerprint density at radius 1 is 1.44 bits per heavy atom. The molecule has 1 saturated heterocycles. The molecule has 1 aromatic heterocycles. The maximum Gasteiger partial charge on any atom is 0.321 e. The van der Waals surface area contributed by atoms with Crippen LogP contribution >= 0.6 is 0 Å². The molecule has 1 aliphatic heterocycles. The van der Waals surface area contributed by atoms with Gasteiger partial charge in [-0.25, -0.2) is 0 Å². The maximum atomic E-state index is 11.6. The van der Waals surface area contributed by atoms with Crippen molar-refractivity contribution in [3.63, 3.8) is 0 Å². The topological polar surface area (TPSA) is 94.2 Å². The molecule has 1 aromatic rings. The van der Waals surface area contributed by atoms with Gasteiger partial charge in [0.15, 0.2) is 0 Å². The molecule has 0 radical (unpaired) electrons. The van der Waals surface area contributed by atoms with E-state index in [9.17, 15) is 4.79 Å². The second-order valence-electron chi connectivity index (χ2n) is 3.64. The molecule has 16 heavy (non-hydrogen) atoms. The van der Waals surface area contributed by atoms with Gasteiger partial charge in [-0.2, -0.15) is 15.0 Å². The highest BCUT2D eigenvalue weighted by Crippen LogP contribution is 2.18. The lowest BCUT2D eigenvalue weighted by molar-refractivity contribution is -0.117. The van der Waals surface area contributed by atoms with Gasteiger partial charge in [-0.1, -0.05) is 0 Å². The number of rotatable bonds is 2. The Morgan fingerprint density at radius 3 is 2.75 bits per heavy atom. The van der Waals surface area contributed by atoms with Crippen LogP contribution in [0.1, 0.15) is 12.2 Å². The second kappa shape index (κ2) is 4.01. The van der Waals surface area contributed by atoms with Gasteiger partial charge in [0.05, 0.1) is 7.11 Å². The molecule has 7 nitrogen and oxygen atoms in total. The van der Waals surface area contributed by atoms with Crippen LogP contribution in [0.25, 0.3) is 0 Å². The zero-order valence-corrected chi connectivity index (χ0v) is 9.17. The van der Waals surface area contributed by atoms with Gasteiger partial charge in [-0.05, 0) is 6.92 Å². The molecule has 0 aromatic carbocycles. The molecule has 1 fully saturated rings. The van der Waals surface area contributed by atoms with E-state index >= 15 is 0 Å². The molecule has 1 atom stereocenters. The van der Waals surface area contributed by atoms with Crippen LogP contribution in [0.3, 0.4) is 0 Å². The van der Waals surface area contributed by atoms with Crippen LogP contribution in [-0.2, 0) is 4.79 Å². The van der Waals surface area contributed by atoms with Crippen molar-refractivity contribution in [2.45, 2.75) is 19.4 Å². The van der Waals surface area contributed by atoms with Crippen molar-refractivity contribution < 1.29 is 9.53 Å². The minimum absolute atomic E-state index is 0.0693. The highest BCUT2D eigenvalue weighted by Gasteiger charge is 2.30. The summed E-state index contributed by atoms with van der Waals surface area (Å²) in [5.41, 5.74) is 5.70. The monoisotopic (exact) mass is 223 g/mol. The molecule has 0 aliphatic carbocycles. The highest BCUT2D eigenvalue weighted by molar-refractivity contribution is 5.94. The minimum atomic E-state index is -0.157. The Kier molecular flexibility index (Phi) is 2.69. The van der Waals surface area contributed by atoms with Crippen molar-refractivity contribution in [1.29, 1.82) is 0 Å². The van der Waals surface area contributed by atoms with Crippen LogP contribution in [0, 0.1) is 6.92 Å². The standard InChI is InChI=1S/C9H13N5O2/c1-5-11-8(13-9(12-5)16-2)14-4-6(10)3-7(14)15/h6H,3-4,10H2,1-2H3. The number of nitrogens with zero attached hydrogens (tertiary/aromatic N) is 4. The summed E-state index contributed by atoms with van der Waals surface area (Å²) in [6.45, 7) is 2.15. The predicted molar refractivity (Wildman–Crippen MR) is 56.1 cm³/mol. The summed E-state index contributed by atoms with van der Waals surface area (Å²) < 4.78 is 4.93. The molecule has 0 saturated carbocycles. The fourth-order valence-corrected chi connectivity index (χ4v) is 1.58. The molecular formula is C9H13N5O2. The summed E-state index contributed by atoms with van der Waals surface area (Å²) in [7, 11) is 1.47. The number of carbonyl (C=O) groups is 1. The Bertz CT molecular complexity index is 422. The van der Waals surface area contributed by atoms with Crippen molar-refractivity contribution in [2.75, 3.05) is 18.6 Å². The lowest BCUT2D eigenvalue weighted by Crippen LogP contribution is -2.29. The summed E-state index contributed by atoms with van der Waals surface area (Å²) in [6.07, 6.45) is 0.326. The van der Waals surface area contributed by atoms with Crippen LogP contribution < -0.4 is 15.4 Å². The minimum Gasteiger partial charge on any atom is -0.467 e. The van der Waals surface area contributed by atoms with Crippen LogP contribution in [0.4, 0.5) is 5.95 Å². The van der Waals surface area contributed by atoms with Gasteiger partial charge in [0.1, 0.15) is 5.82 Å². The molecule has 0 spiro atoms. The van der Waals surface area contributed by atoms with Crippen molar-refractivity contribution >= 4 is 11.9 Å². The van der Waals surface area contributed by atoms with Gasteiger partial charge in [-0.15, -0.1) is 0 Å². The number of methoxy groups -OCH3 is 1. The zero-order chi connectivity index (χ0) is 11.7. The maximum absolute atomic E-state index is 11.6. The first-order valence-corrected chi connectivity index (χ1v) is 4.92. The third-order valence-corrected chi connectivity index (χ3v) is 2.29. The number of hydrogen-bond donors (Lipinski definition) is 1. The fourth-order valence-electron chi connectivity index (χ4n) is 1.58. The number of carbonyl (C=O) groups excluding carboxylic acids is 1. The van der Waals surface area contributed by atoms with Gasteiger partial charge >= 0.3 is 6.01 Å². The van der Waals surface area contributed by atoms with Gasteiger partial charge < -0.3 is 10.5 Å². The second-order valence-corrected chi connectivity index (χ2v) is 3.64. The first kappa shape index (κ1) is 10.7. The molecule has 1 aliphatic rings. The molecule has 0 bridgehead atoms. The Morgan fingerprint density at radius 2 is 2.19 bits per heavy atom. The van der Waals surface area contributed by atoms with E-state index in [0.29, 0.717) is 24.7 Å². The third-order valence-electron chi connectivity index (χ3n) is 2.29. The Labute approximate surface area is 92.6 Å². The lowest BCUT2D eigenvalue weighted by atomic mass is 10.3. The van der Waals surface area contributed by atoms with E-state index in [-0.39, 0.29) is 18.0 Å². The first-order valence-electron chi connectivity index (χ1n) is 4.92. The predicted octanol–water partition coefficient (Wildman–Crippen LogP) is -0.747. The van der Waals surface area contributed by atoms with E-state index in [2.05, 4.69) is 15.0 Å². The smallest absolute Gasteiger partial charge is 0.321 e. The molecule has 2 N–H and O–H groups in total. The van der Waals surface area contributed by atoms with Crippen molar-refractivity contribution in [1.82, 2.24) is 15.0 Å². The summed E-state index contributed by atoms with van der Waals surface area (Å²) in [5.74, 6) is 0.748. The summed E-state index contributed by atoms with van der Waals surface area (Å²) in [4.78, 5) is 25.1. The molecule has 86 valence electrons. The number of amides is 1. The van der Waals surface area contributed by atoms with Crippen LogP contribution in [-0.4, -0.2) is 40.6 Å². The van der Waals surface area contributed by atoms with Gasteiger partial charge in [0.2, 0.25) is 11.9 Å². The molecule has 7 heteroatoms. The van der Waals surface area contributed by atoms with Crippen molar-refractivity contribution in [2.24, 2.45) is 5.73 Å². The zero-order valence-electron chi connectivity index (χ0n) is 9.17. The summed E-state index contributed by atoms with van der Waals surface area (Å²) >= 11 is 0. The lowest BCUT2D eigenvalue weighted by Gasteiger charge is -2.14. The third kappa shape index (κ3) is 1.94. The average Bonchev–Trinajstić information content (AvgIpc) is 2.57. The number of anilines is 1. The van der Waals surface area contributed by atoms with Gasteiger partial charge in [0, 0.05) is 19.0 Å². The number of hydrogen-bond acceptors (Lipinski definition) is 6. The van der Waals surface area contributed by atoms with E-state index in [0.717, 1.165) is 0 Å². The average molecular weight is 223 g/mol. The Hall–Kier alpha value is -1.76. The number of ether oxygens (including phenoxy) is 1. The summed E-state index contributed by atoms with van der Waals surface area (Å²) in [5, 5.41) is 0. The normalized spacial score (nSPS) is 20.3. The molecular weight excluding hydrogens is 210 g/mol. The van der Waals surface area contributed by atoms with E-state index in [1.807, 2.05) is 0 Å². The van der Waals surface area contributed by atoms with Crippen LogP contribution in [0.5, 0.6) is 6.01 Å². The molecule has 1 unspecified atom stereocenters. The molecule has 1 amide bonds. The van der Waals surface area contributed by atoms with Gasteiger partial charge in [-0.3, -0.25) is 9.69 Å². The van der Waals surface area contributed by atoms with Crippen molar-refractivity contribution in [3.05, 3.63) is 5.82 Å². The Balaban J connectivity index is 2.33. The van der Waals surface area contributed by atoms with Crippen LogP contribution in [0.2, 0.25) is 0 Å². The number of aromatic nitrogens is 3. The number of aryl methyl sites for hydroxylation is 1. The highest BCUT2D eigenvalue weighted by atomic mass is 16.5. The number of nitrogens with two attached hydrogens (primary N) is 1. The van der Waals surface area contributed by atoms with E-state index in [1.165, 1.54) is 12.0 Å². The largest absolute Gasteiger partial charge is 0.467 e. The van der Waals surface area contributed by atoms with E-state index < -0.39 is 0 Å². The van der Waals surface area contributed by atoms with E-state index in [4.69, 9.17) is 10.5 Å². The molecule has 2 rings (SSSR count). The summed E-state index contributed by atoms with van der Waals surface area (Å²) in [6, 6.07) is 0.0475. The van der Waals surface area contributed by atoms with Gasteiger partial charge in [0.25, 0.3) is 0 Å². The fraction of sp³-hybridized carbons (Fsp3) is 0.556. The van der Waals surface area contributed by atoms with E-state index in [1.54, 1.807) is 6.92 Å². The molecule has 2 heterocycles. The SMILES string of the molecule is COc1nc(C)nc(N2CC(N)CC2=O)n1. The van der Waals surface area contributed by atoms with Crippen molar-refractivity contribution in [3.8, 4) is 6.01 Å². The quantitative estimate of drug-likeness (QED) is 0.709. The first-order chi connectivity index (χ1) is 7.60. The van der Waals surface area contributed by atoms with Crippen LogP contribution in [0.15, 0.2) is 0 Å².